The number of carbonyl (C=O) groups is 3. The van der Waals surface area contributed by atoms with Gasteiger partial charge in [0.1, 0.15) is 12.1 Å². The van der Waals surface area contributed by atoms with Crippen LogP contribution in [0.1, 0.15) is 18.1 Å². The van der Waals surface area contributed by atoms with Crippen molar-refractivity contribution in [1.82, 2.24) is 10.6 Å². The van der Waals surface area contributed by atoms with Gasteiger partial charge >= 0.3 is 5.97 Å². The molecule has 2 amide bonds. The Labute approximate surface area is 176 Å². The Morgan fingerprint density at radius 1 is 0.862 bits per heavy atom. The number of hydrogen-bond donors (Lipinski definition) is 4. The molecule has 7 heteroatoms. The molecular formula is C22H26N2O4S. The van der Waals surface area contributed by atoms with Crippen molar-refractivity contribution in [1.29, 1.82) is 0 Å². The fraction of sp³-hybridized carbons (Fsp3) is 0.318. The van der Waals surface area contributed by atoms with Gasteiger partial charge in [-0.3, -0.25) is 14.4 Å². The van der Waals surface area contributed by atoms with Gasteiger partial charge in [0.2, 0.25) is 11.8 Å². The molecule has 0 heterocycles. The van der Waals surface area contributed by atoms with E-state index in [2.05, 4.69) is 23.3 Å². The Hall–Kier alpha value is -2.80. The second kappa shape index (κ2) is 11.3. The predicted molar refractivity (Wildman–Crippen MR) is 115 cm³/mol. The van der Waals surface area contributed by atoms with Gasteiger partial charge in [-0.25, -0.2) is 0 Å². The number of aliphatic carboxylic acids is 1. The molecule has 0 aliphatic rings. The first-order chi connectivity index (χ1) is 13.9. The third kappa shape index (κ3) is 7.27. The van der Waals surface area contributed by atoms with Crippen LogP contribution in [0.15, 0.2) is 60.7 Å². The van der Waals surface area contributed by atoms with Gasteiger partial charge in [0.05, 0.1) is 5.92 Å². The molecule has 0 spiro atoms. The summed E-state index contributed by atoms with van der Waals surface area (Å²) in [6.07, 6.45) is 0.761. The van der Waals surface area contributed by atoms with E-state index in [0.29, 0.717) is 12.2 Å². The molecule has 3 atom stereocenters. The highest BCUT2D eigenvalue weighted by Crippen LogP contribution is 2.12. The zero-order valence-corrected chi connectivity index (χ0v) is 17.1. The van der Waals surface area contributed by atoms with Crippen LogP contribution in [-0.2, 0) is 27.2 Å². The van der Waals surface area contributed by atoms with Crippen LogP contribution >= 0.6 is 12.6 Å². The average molecular weight is 415 g/mol. The maximum atomic E-state index is 12.8. The molecule has 0 saturated carbocycles. The van der Waals surface area contributed by atoms with Crippen LogP contribution < -0.4 is 10.6 Å². The van der Waals surface area contributed by atoms with Crippen LogP contribution in [0.2, 0.25) is 0 Å². The molecule has 29 heavy (non-hydrogen) atoms. The van der Waals surface area contributed by atoms with Crippen molar-refractivity contribution in [2.45, 2.75) is 31.8 Å². The van der Waals surface area contributed by atoms with Gasteiger partial charge in [-0.05, 0) is 24.5 Å². The zero-order chi connectivity index (χ0) is 21.2. The number of benzene rings is 2. The molecule has 1 unspecified atom stereocenters. The largest absolute Gasteiger partial charge is 0.480 e. The number of carboxylic acid groups (broad SMARTS) is 1. The minimum Gasteiger partial charge on any atom is -0.480 e. The minimum absolute atomic E-state index is 0.259. The van der Waals surface area contributed by atoms with Gasteiger partial charge in [0, 0.05) is 12.2 Å². The number of amides is 2. The quantitative estimate of drug-likeness (QED) is 0.448. The van der Waals surface area contributed by atoms with E-state index in [0.717, 1.165) is 11.1 Å². The van der Waals surface area contributed by atoms with Crippen molar-refractivity contribution in [3.05, 3.63) is 71.8 Å². The molecule has 0 aliphatic heterocycles. The lowest BCUT2D eigenvalue weighted by molar-refractivity contribution is -0.141. The lowest BCUT2D eigenvalue weighted by Gasteiger charge is -2.23. The molecule has 2 aromatic carbocycles. The molecular weight excluding hydrogens is 388 g/mol. The fourth-order valence-corrected chi connectivity index (χ4v) is 3.16. The standard InChI is InChI=1S/C22H26N2O4S/c1-15(22(27)28)23-21(26)19(13-17-10-6-3-7-11-17)24-20(25)18(14-29)12-16-8-4-2-5-9-16/h2-11,15,18-19,29H,12-14H2,1H3,(H,23,26)(H,24,25)(H,27,28)/t15-,18?,19-/m0/s1. The molecule has 0 radical (unpaired) electrons. The summed E-state index contributed by atoms with van der Waals surface area (Å²) in [7, 11) is 0. The Balaban J connectivity index is 2.12. The first-order valence-electron chi connectivity index (χ1n) is 9.43. The predicted octanol–water partition coefficient (Wildman–Crippen LogP) is 2.09. The van der Waals surface area contributed by atoms with Gasteiger partial charge in [0.25, 0.3) is 0 Å². The molecule has 0 fully saturated rings. The third-order valence-electron chi connectivity index (χ3n) is 4.56. The smallest absolute Gasteiger partial charge is 0.325 e. The fourth-order valence-electron chi connectivity index (χ4n) is 2.86. The van der Waals surface area contributed by atoms with Crippen LogP contribution in [0.3, 0.4) is 0 Å². The number of carbonyl (C=O) groups excluding carboxylic acids is 2. The van der Waals surface area contributed by atoms with Crippen LogP contribution in [0.5, 0.6) is 0 Å². The van der Waals surface area contributed by atoms with E-state index in [1.54, 1.807) is 0 Å². The molecule has 0 bridgehead atoms. The van der Waals surface area contributed by atoms with E-state index in [1.165, 1.54) is 6.92 Å². The molecule has 0 saturated heterocycles. The topological polar surface area (TPSA) is 95.5 Å². The number of carboxylic acids is 1. The summed E-state index contributed by atoms with van der Waals surface area (Å²) in [6, 6.07) is 16.9. The third-order valence-corrected chi connectivity index (χ3v) is 5.00. The summed E-state index contributed by atoms with van der Waals surface area (Å²) >= 11 is 4.30. The van der Waals surface area contributed by atoms with E-state index in [-0.39, 0.29) is 12.3 Å². The second-order valence-electron chi connectivity index (χ2n) is 6.89. The van der Waals surface area contributed by atoms with E-state index < -0.39 is 29.9 Å². The van der Waals surface area contributed by atoms with Gasteiger partial charge in [-0.1, -0.05) is 60.7 Å². The first kappa shape index (κ1) is 22.5. The van der Waals surface area contributed by atoms with E-state index in [4.69, 9.17) is 5.11 Å². The van der Waals surface area contributed by atoms with Crippen molar-refractivity contribution < 1.29 is 19.5 Å². The maximum absolute atomic E-state index is 12.8. The van der Waals surface area contributed by atoms with Gasteiger partial charge in [0.15, 0.2) is 0 Å². The summed E-state index contributed by atoms with van der Waals surface area (Å²) in [5, 5.41) is 14.3. The van der Waals surface area contributed by atoms with Crippen molar-refractivity contribution >= 4 is 30.4 Å². The van der Waals surface area contributed by atoms with Gasteiger partial charge < -0.3 is 15.7 Å². The minimum atomic E-state index is -1.14. The number of hydrogen-bond acceptors (Lipinski definition) is 4. The molecule has 0 aromatic heterocycles. The van der Waals surface area contributed by atoms with Crippen LogP contribution in [0.25, 0.3) is 0 Å². The van der Waals surface area contributed by atoms with Crippen molar-refractivity contribution in [3.63, 3.8) is 0 Å². The van der Waals surface area contributed by atoms with Crippen molar-refractivity contribution in [3.8, 4) is 0 Å². The molecule has 2 rings (SSSR count). The van der Waals surface area contributed by atoms with E-state index >= 15 is 0 Å². The molecule has 6 nitrogen and oxygen atoms in total. The number of nitrogens with one attached hydrogen (secondary N) is 2. The Bertz CT molecular complexity index is 814. The van der Waals surface area contributed by atoms with Crippen molar-refractivity contribution in [2.75, 3.05) is 5.75 Å². The lowest BCUT2D eigenvalue weighted by atomic mass is 9.98. The Kier molecular flexibility index (Phi) is 8.73. The normalized spacial score (nSPS) is 13.7. The molecule has 154 valence electrons. The van der Waals surface area contributed by atoms with Crippen LogP contribution in [-0.4, -0.2) is 40.7 Å². The summed E-state index contributed by atoms with van der Waals surface area (Å²) in [5.74, 6) is -2.05. The highest BCUT2D eigenvalue weighted by atomic mass is 32.1. The Morgan fingerprint density at radius 3 is 1.86 bits per heavy atom. The van der Waals surface area contributed by atoms with Crippen LogP contribution in [0, 0.1) is 5.92 Å². The molecule has 3 N–H and O–H groups in total. The van der Waals surface area contributed by atoms with E-state index in [1.807, 2.05) is 60.7 Å². The summed E-state index contributed by atoms with van der Waals surface area (Å²) in [5.41, 5.74) is 1.87. The summed E-state index contributed by atoms with van der Waals surface area (Å²) in [6.45, 7) is 1.38. The Morgan fingerprint density at radius 2 is 1.38 bits per heavy atom. The first-order valence-corrected chi connectivity index (χ1v) is 10.1. The van der Waals surface area contributed by atoms with E-state index in [9.17, 15) is 14.4 Å². The summed E-state index contributed by atoms with van der Waals surface area (Å²) in [4.78, 5) is 36.6. The maximum Gasteiger partial charge on any atom is 0.325 e. The van der Waals surface area contributed by atoms with Gasteiger partial charge in [-0.15, -0.1) is 0 Å². The SMILES string of the molecule is C[C@H](NC(=O)[C@H](Cc1ccccc1)NC(=O)C(CS)Cc1ccccc1)C(=O)O. The monoisotopic (exact) mass is 414 g/mol. The lowest BCUT2D eigenvalue weighted by Crippen LogP contribution is -2.53. The second-order valence-corrected chi connectivity index (χ2v) is 7.25. The molecule has 0 aliphatic carbocycles. The van der Waals surface area contributed by atoms with Gasteiger partial charge in [-0.2, -0.15) is 12.6 Å². The van der Waals surface area contributed by atoms with Crippen molar-refractivity contribution in [2.24, 2.45) is 5.92 Å². The summed E-state index contributed by atoms with van der Waals surface area (Å²) < 4.78 is 0. The molecule has 2 aromatic rings. The number of thiol groups is 1. The zero-order valence-electron chi connectivity index (χ0n) is 16.2. The number of rotatable bonds is 10. The average Bonchev–Trinajstić information content (AvgIpc) is 2.72. The van der Waals surface area contributed by atoms with Crippen LogP contribution in [0.4, 0.5) is 0 Å². The highest BCUT2D eigenvalue weighted by Gasteiger charge is 2.27. The highest BCUT2D eigenvalue weighted by molar-refractivity contribution is 7.80.